The molecule has 2 heterocycles. The number of fused-ring (bicyclic) bond motifs is 1. The fourth-order valence-corrected chi connectivity index (χ4v) is 4.85. The largest absolute Gasteiger partial charge is 0.416 e. The van der Waals surface area contributed by atoms with Crippen LogP contribution in [-0.2, 0) is 17.5 Å². The lowest BCUT2D eigenvalue weighted by Gasteiger charge is -2.32. The second-order valence-corrected chi connectivity index (χ2v) is 9.38. The highest BCUT2D eigenvalue weighted by Crippen LogP contribution is 2.36. The number of hydrogen-bond acceptors (Lipinski definition) is 3. The molecule has 0 bridgehead atoms. The molecular formula is C27H31F3N4O. The van der Waals surface area contributed by atoms with E-state index in [9.17, 15) is 18.0 Å². The molecule has 0 N–H and O–H groups in total. The molecule has 4 rings (SSSR count). The van der Waals surface area contributed by atoms with Gasteiger partial charge in [0.2, 0.25) is 5.91 Å². The number of carbonyl (C=O) groups excluding carboxylic acids is 1. The van der Waals surface area contributed by atoms with Gasteiger partial charge in [-0.2, -0.15) is 18.3 Å². The second-order valence-electron chi connectivity index (χ2n) is 9.38. The number of aromatic nitrogens is 2. The Morgan fingerprint density at radius 1 is 1.14 bits per heavy atom. The van der Waals surface area contributed by atoms with Gasteiger partial charge in [-0.3, -0.25) is 9.48 Å². The van der Waals surface area contributed by atoms with E-state index >= 15 is 0 Å². The van der Waals surface area contributed by atoms with Crippen molar-refractivity contribution in [2.45, 2.75) is 37.9 Å². The predicted octanol–water partition coefficient (Wildman–Crippen LogP) is 5.57. The molecule has 1 amide bonds. The number of aryl methyl sites for hydroxylation is 1. The van der Waals surface area contributed by atoms with Gasteiger partial charge in [-0.15, -0.1) is 0 Å². The molecule has 0 radical (unpaired) electrons. The number of rotatable bonds is 7. The Hall–Kier alpha value is -3.13. The van der Waals surface area contributed by atoms with Crippen molar-refractivity contribution >= 4 is 16.8 Å². The molecule has 0 saturated carbocycles. The maximum Gasteiger partial charge on any atom is 0.416 e. The van der Waals surface area contributed by atoms with Crippen molar-refractivity contribution in [2.24, 2.45) is 0 Å². The van der Waals surface area contributed by atoms with Gasteiger partial charge in [0.25, 0.3) is 0 Å². The summed E-state index contributed by atoms with van der Waals surface area (Å²) in [6, 6.07) is 11.1. The van der Waals surface area contributed by atoms with Gasteiger partial charge in [0.05, 0.1) is 11.1 Å². The van der Waals surface area contributed by atoms with Crippen molar-refractivity contribution in [1.29, 1.82) is 0 Å². The first kappa shape index (κ1) is 25.0. The minimum atomic E-state index is -4.39. The molecule has 186 valence electrons. The van der Waals surface area contributed by atoms with Crippen molar-refractivity contribution in [3.05, 3.63) is 66.4 Å². The Balaban J connectivity index is 1.68. The molecule has 1 fully saturated rings. The van der Waals surface area contributed by atoms with Crippen LogP contribution in [0.5, 0.6) is 0 Å². The van der Waals surface area contributed by atoms with Gasteiger partial charge < -0.3 is 9.80 Å². The summed E-state index contributed by atoms with van der Waals surface area (Å²) in [5.74, 6) is 0.214. The molecule has 2 aromatic carbocycles. The van der Waals surface area contributed by atoms with Gasteiger partial charge in [-0.25, -0.2) is 0 Å². The van der Waals surface area contributed by atoms with Crippen LogP contribution in [-0.4, -0.2) is 59.2 Å². The van der Waals surface area contributed by atoms with E-state index in [2.05, 4.69) is 16.2 Å². The van der Waals surface area contributed by atoms with Crippen LogP contribution in [0.1, 0.15) is 36.4 Å². The van der Waals surface area contributed by atoms with E-state index in [4.69, 9.17) is 5.10 Å². The van der Waals surface area contributed by atoms with Crippen LogP contribution in [0.3, 0.4) is 0 Å². The molecule has 8 heteroatoms. The molecular weight excluding hydrogens is 453 g/mol. The van der Waals surface area contributed by atoms with Crippen LogP contribution in [0.15, 0.2) is 55.1 Å². The lowest BCUT2D eigenvalue weighted by molar-refractivity contribution is -0.137. The Bertz CT molecular complexity index is 1210. The highest BCUT2D eigenvalue weighted by atomic mass is 19.4. The standard InChI is InChI=1S/C27H31F3N4O/c1-4-25(35)33-15-11-19(12-16-33)26-23-10-9-21(20-7-5-8-22(17-20)27(28,29)30)18-24(23)31-34(26)14-6-13-32(2)3/h4-5,7-10,17-19H,1,6,11-16H2,2-3H3. The number of benzene rings is 2. The van der Waals surface area contributed by atoms with Crippen LogP contribution in [0, 0.1) is 0 Å². The van der Waals surface area contributed by atoms with E-state index in [-0.39, 0.29) is 11.8 Å². The van der Waals surface area contributed by atoms with Gasteiger partial charge in [0.1, 0.15) is 0 Å². The zero-order valence-corrected chi connectivity index (χ0v) is 20.2. The number of carbonyl (C=O) groups is 1. The number of likely N-dealkylation sites (tertiary alicyclic amines) is 1. The molecule has 1 aliphatic heterocycles. The number of halogens is 3. The average molecular weight is 485 g/mol. The number of alkyl halides is 3. The quantitative estimate of drug-likeness (QED) is 0.412. The first-order valence-electron chi connectivity index (χ1n) is 11.9. The van der Waals surface area contributed by atoms with Crippen LogP contribution < -0.4 is 0 Å². The van der Waals surface area contributed by atoms with Crippen LogP contribution in [0.25, 0.3) is 22.0 Å². The smallest absolute Gasteiger partial charge is 0.339 e. The molecule has 1 saturated heterocycles. The summed E-state index contributed by atoms with van der Waals surface area (Å²) in [6.07, 6.45) is -0.422. The predicted molar refractivity (Wildman–Crippen MR) is 132 cm³/mol. The number of hydrogen-bond donors (Lipinski definition) is 0. The summed E-state index contributed by atoms with van der Waals surface area (Å²) in [5.41, 5.74) is 2.50. The third kappa shape index (κ3) is 5.59. The van der Waals surface area contributed by atoms with Crippen LogP contribution in [0.2, 0.25) is 0 Å². The lowest BCUT2D eigenvalue weighted by Crippen LogP contribution is -2.37. The maximum atomic E-state index is 13.2. The lowest BCUT2D eigenvalue weighted by atomic mass is 9.90. The van der Waals surface area contributed by atoms with E-state index in [0.717, 1.165) is 55.0 Å². The summed E-state index contributed by atoms with van der Waals surface area (Å²) >= 11 is 0. The Labute approximate surface area is 203 Å². The molecule has 35 heavy (non-hydrogen) atoms. The van der Waals surface area contributed by atoms with Crippen molar-refractivity contribution in [1.82, 2.24) is 19.6 Å². The van der Waals surface area contributed by atoms with E-state index in [0.29, 0.717) is 24.2 Å². The Kier molecular flexibility index (Phi) is 7.31. The third-order valence-corrected chi connectivity index (χ3v) is 6.65. The Morgan fingerprint density at radius 3 is 2.51 bits per heavy atom. The first-order chi connectivity index (χ1) is 16.7. The minimum absolute atomic E-state index is 0.0430. The monoisotopic (exact) mass is 484 g/mol. The fraction of sp³-hybridized carbons (Fsp3) is 0.407. The van der Waals surface area contributed by atoms with Gasteiger partial charge >= 0.3 is 6.18 Å². The summed E-state index contributed by atoms with van der Waals surface area (Å²) in [4.78, 5) is 16.0. The third-order valence-electron chi connectivity index (χ3n) is 6.65. The van der Waals surface area contributed by atoms with Crippen molar-refractivity contribution in [3.8, 4) is 11.1 Å². The minimum Gasteiger partial charge on any atom is -0.339 e. The summed E-state index contributed by atoms with van der Waals surface area (Å²) in [6.45, 7) is 6.61. The van der Waals surface area contributed by atoms with Crippen molar-refractivity contribution in [3.63, 3.8) is 0 Å². The normalized spacial score (nSPS) is 15.2. The second kappa shape index (κ2) is 10.2. The van der Waals surface area contributed by atoms with Crippen LogP contribution in [0.4, 0.5) is 13.2 Å². The van der Waals surface area contributed by atoms with E-state index in [1.165, 1.54) is 18.2 Å². The van der Waals surface area contributed by atoms with Gasteiger partial charge in [0, 0.05) is 36.6 Å². The van der Waals surface area contributed by atoms with E-state index in [1.54, 1.807) is 6.07 Å². The highest BCUT2D eigenvalue weighted by Gasteiger charge is 2.31. The molecule has 0 spiro atoms. The summed E-state index contributed by atoms with van der Waals surface area (Å²) in [5, 5.41) is 5.92. The van der Waals surface area contributed by atoms with Crippen molar-refractivity contribution in [2.75, 3.05) is 33.7 Å². The Morgan fingerprint density at radius 2 is 1.86 bits per heavy atom. The number of nitrogens with zero attached hydrogens (tertiary/aromatic N) is 4. The van der Waals surface area contributed by atoms with Gasteiger partial charge in [-0.05, 0) is 75.3 Å². The zero-order valence-electron chi connectivity index (χ0n) is 20.2. The zero-order chi connectivity index (χ0) is 25.2. The maximum absolute atomic E-state index is 13.2. The van der Waals surface area contributed by atoms with E-state index in [1.807, 2.05) is 37.2 Å². The number of amides is 1. The molecule has 0 aliphatic carbocycles. The highest BCUT2D eigenvalue weighted by molar-refractivity contribution is 5.88. The van der Waals surface area contributed by atoms with Crippen LogP contribution >= 0.6 is 0 Å². The molecule has 5 nitrogen and oxygen atoms in total. The molecule has 0 unspecified atom stereocenters. The molecule has 1 aliphatic rings. The summed E-state index contributed by atoms with van der Waals surface area (Å²) in [7, 11) is 4.07. The van der Waals surface area contributed by atoms with Gasteiger partial charge in [-0.1, -0.05) is 30.8 Å². The SMILES string of the molecule is C=CC(=O)N1CCC(c2c3ccc(-c4cccc(C(F)(F)F)c4)cc3nn2CCCN(C)C)CC1. The summed E-state index contributed by atoms with van der Waals surface area (Å²) < 4.78 is 41.7. The molecule has 3 aromatic rings. The number of piperidine rings is 1. The van der Waals surface area contributed by atoms with E-state index < -0.39 is 11.7 Å². The average Bonchev–Trinajstić information content (AvgIpc) is 3.20. The van der Waals surface area contributed by atoms with Gasteiger partial charge in [0.15, 0.2) is 0 Å². The first-order valence-corrected chi connectivity index (χ1v) is 11.9. The van der Waals surface area contributed by atoms with Crippen molar-refractivity contribution < 1.29 is 18.0 Å². The fourth-order valence-electron chi connectivity index (χ4n) is 4.85. The molecule has 0 atom stereocenters. The molecule has 1 aromatic heterocycles. The topological polar surface area (TPSA) is 41.4 Å².